The van der Waals surface area contributed by atoms with Gasteiger partial charge in [0.25, 0.3) is 0 Å². The van der Waals surface area contributed by atoms with Crippen LogP contribution in [0.15, 0.2) is 18.2 Å². The number of rotatable bonds is 5. The van der Waals surface area contributed by atoms with Gasteiger partial charge < -0.3 is 15.8 Å². The molecule has 0 radical (unpaired) electrons. The Kier molecular flexibility index (Phi) is 6.14. The van der Waals surface area contributed by atoms with Gasteiger partial charge in [-0.25, -0.2) is 4.39 Å². The van der Waals surface area contributed by atoms with Crippen molar-refractivity contribution in [3.63, 3.8) is 0 Å². The summed E-state index contributed by atoms with van der Waals surface area (Å²) in [5.41, 5.74) is 6.27. The molecule has 1 aliphatic heterocycles. The minimum Gasteiger partial charge on any atom is -0.381 e. The molecule has 5 nitrogen and oxygen atoms in total. The zero-order valence-corrected chi connectivity index (χ0v) is 13.3. The second kappa shape index (κ2) is 7.87. The summed E-state index contributed by atoms with van der Waals surface area (Å²) in [4.78, 5) is 14.2. The van der Waals surface area contributed by atoms with Crippen LogP contribution in [-0.2, 0) is 9.53 Å². The van der Waals surface area contributed by atoms with Crippen molar-refractivity contribution in [1.29, 1.82) is 0 Å². The fraction of sp³-hybridized carbons (Fsp3) is 0.533. The van der Waals surface area contributed by atoms with Gasteiger partial charge in [-0.05, 0) is 31.0 Å². The lowest BCUT2D eigenvalue weighted by atomic mass is 9.99. The molecule has 1 aliphatic rings. The summed E-state index contributed by atoms with van der Waals surface area (Å²) >= 11 is 5.70. The number of carbonyl (C=O) groups excluding carboxylic acids is 1. The van der Waals surface area contributed by atoms with E-state index in [2.05, 4.69) is 10.2 Å². The fourth-order valence-electron chi connectivity index (χ4n) is 2.69. The molecule has 122 valence electrons. The molecule has 1 aromatic carbocycles. The van der Waals surface area contributed by atoms with Crippen LogP contribution in [-0.4, -0.2) is 49.7 Å². The van der Waals surface area contributed by atoms with Gasteiger partial charge in [-0.15, -0.1) is 0 Å². The summed E-state index contributed by atoms with van der Waals surface area (Å²) in [5, 5.41) is 2.71. The smallest absolute Gasteiger partial charge is 0.238 e. The van der Waals surface area contributed by atoms with Gasteiger partial charge in [0, 0.05) is 31.9 Å². The van der Waals surface area contributed by atoms with Gasteiger partial charge in [0.1, 0.15) is 5.82 Å². The van der Waals surface area contributed by atoms with Crippen molar-refractivity contribution in [2.45, 2.75) is 25.0 Å². The number of ether oxygens (including phenoxy) is 1. The van der Waals surface area contributed by atoms with Crippen molar-refractivity contribution in [3.8, 4) is 0 Å². The van der Waals surface area contributed by atoms with E-state index in [1.165, 1.54) is 18.2 Å². The minimum atomic E-state index is -0.510. The standard InChI is InChI=1S/C15H21ClFN3O2/c1-22-12-4-5-20(11(7-12)8-18)9-15(21)19-10-2-3-14(17)13(16)6-10/h2-3,6,11-12H,4-5,7-9,18H2,1H3,(H,19,21). The molecule has 0 aromatic heterocycles. The van der Waals surface area contributed by atoms with Crippen LogP contribution in [0.2, 0.25) is 5.02 Å². The number of methoxy groups -OCH3 is 1. The normalized spacial score (nSPS) is 22.5. The first-order valence-corrected chi connectivity index (χ1v) is 7.63. The number of anilines is 1. The molecule has 2 unspecified atom stereocenters. The summed E-state index contributed by atoms with van der Waals surface area (Å²) in [6.45, 7) is 1.49. The van der Waals surface area contributed by atoms with Crippen molar-refractivity contribution >= 4 is 23.2 Å². The average molecular weight is 330 g/mol. The summed E-state index contributed by atoms with van der Waals surface area (Å²) in [6, 6.07) is 4.23. The Bertz CT molecular complexity index is 530. The van der Waals surface area contributed by atoms with E-state index in [0.717, 1.165) is 19.4 Å². The number of hydrogen-bond donors (Lipinski definition) is 2. The largest absolute Gasteiger partial charge is 0.381 e. The Morgan fingerprint density at radius 1 is 1.59 bits per heavy atom. The molecule has 7 heteroatoms. The van der Waals surface area contributed by atoms with Crippen LogP contribution in [0.4, 0.5) is 10.1 Å². The van der Waals surface area contributed by atoms with Crippen LogP contribution in [0.5, 0.6) is 0 Å². The lowest BCUT2D eigenvalue weighted by molar-refractivity contribution is -0.118. The van der Waals surface area contributed by atoms with E-state index in [-0.39, 0.29) is 29.6 Å². The molecule has 1 aromatic rings. The van der Waals surface area contributed by atoms with Crippen LogP contribution < -0.4 is 11.1 Å². The van der Waals surface area contributed by atoms with E-state index < -0.39 is 5.82 Å². The summed E-state index contributed by atoms with van der Waals surface area (Å²) in [6.07, 6.45) is 1.90. The molecule has 2 atom stereocenters. The lowest BCUT2D eigenvalue weighted by Gasteiger charge is -2.37. The molecule has 1 heterocycles. The number of piperidine rings is 1. The minimum absolute atomic E-state index is 0.0152. The van der Waals surface area contributed by atoms with Gasteiger partial charge in [-0.1, -0.05) is 11.6 Å². The number of amides is 1. The van der Waals surface area contributed by atoms with Crippen LogP contribution in [0.3, 0.4) is 0 Å². The number of nitrogens with one attached hydrogen (secondary N) is 1. The third-order valence-electron chi connectivity index (χ3n) is 3.95. The summed E-state index contributed by atoms with van der Waals surface area (Å²) in [5.74, 6) is -0.679. The number of benzene rings is 1. The topological polar surface area (TPSA) is 67.6 Å². The van der Waals surface area contributed by atoms with Gasteiger partial charge in [-0.2, -0.15) is 0 Å². The SMILES string of the molecule is COC1CCN(CC(=O)Nc2ccc(F)c(Cl)c2)C(CN)C1. The second-order valence-electron chi connectivity index (χ2n) is 5.42. The van der Waals surface area contributed by atoms with Gasteiger partial charge in [0.15, 0.2) is 0 Å². The molecular formula is C15H21ClFN3O2. The highest BCUT2D eigenvalue weighted by Gasteiger charge is 2.28. The van der Waals surface area contributed by atoms with Crippen molar-refractivity contribution in [1.82, 2.24) is 4.90 Å². The predicted octanol–water partition coefficient (Wildman–Crippen LogP) is 1.86. The molecule has 1 amide bonds. The van der Waals surface area contributed by atoms with Crippen molar-refractivity contribution in [2.24, 2.45) is 5.73 Å². The summed E-state index contributed by atoms with van der Waals surface area (Å²) < 4.78 is 18.5. The third-order valence-corrected chi connectivity index (χ3v) is 4.23. The highest BCUT2D eigenvalue weighted by molar-refractivity contribution is 6.31. The van der Waals surface area contributed by atoms with Gasteiger partial charge in [0.05, 0.1) is 17.7 Å². The lowest BCUT2D eigenvalue weighted by Crippen LogP contribution is -2.50. The van der Waals surface area contributed by atoms with E-state index in [4.69, 9.17) is 22.1 Å². The Morgan fingerprint density at radius 3 is 3.00 bits per heavy atom. The second-order valence-corrected chi connectivity index (χ2v) is 5.83. The van der Waals surface area contributed by atoms with Gasteiger partial charge in [-0.3, -0.25) is 9.69 Å². The number of carbonyl (C=O) groups is 1. The Morgan fingerprint density at radius 2 is 2.36 bits per heavy atom. The van der Waals surface area contributed by atoms with Crippen LogP contribution >= 0.6 is 11.6 Å². The van der Waals surface area contributed by atoms with E-state index >= 15 is 0 Å². The average Bonchev–Trinajstić information content (AvgIpc) is 2.51. The van der Waals surface area contributed by atoms with Crippen LogP contribution in [0.25, 0.3) is 0 Å². The molecule has 0 saturated carbocycles. The number of halogens is 2. The first-order valence-electron chi connectivity index (χ1n) is 7.25. The highest BCUT2D eigenvalue weighted by atomic mass is 35.5. The number of nitrogens with zero attached hydrogens (tertiary/aromatic N) is 1. The Hall–Kier alpha value is -1.21. The number of nitrogens with two attached hydrogens (primary N) is 1. The maximum Gasteiger partial charge on any atom is 0.238 e. The number of hydrogen-bond acceptors (Lipinski definition) is 4. The predicted molar refractivity (Wildman–Crippen MR) is 84.5 cm³/mol. The third kappa shape index (κ3) is 4.39. The quantitative estimate of drug-likeness (QED) is 0.865. The molecule has 0 bridgehead atoms. The molecule has 1 saturated heterocycles. The first kappa shape index (κ1) is 17.1. The van der Waals surface area contributed by atoms with E-state index in [0.29, 0.717) is 12.2 Å². The van der Waals surface area contributed by atoms with E-state index in [1.807, 2.05) is 0 Å². The van der Waals surface area contributed by atoms with Gasteiger partial charge in [0.2, 0.25) is 5.91 Å². The Balaban J connectivity index is 1.92. The van der Waals surface area contributed by atoms with Gasteiger partial charge >= 0.3 is 0 Å². The van der Waals surface area contributed by atoms with E-state index in [9.17, 15) is 9.18 Å². The van der Waals surface area contributed by atoms with Crippen LogP contribution in [0.1, 0.15) is 12.8 Å². The first-order chi connectivity index (χ1) is 10.5. The Labute approximate surface area is 134 Å². The fourth-order valence-corrected chi connectivity index (χ4v) is 2.87. The highest BCUT2D eigenvalue weighted by Crippen LogP contribution is 2.21. The molecule has 22 heavy (non-hydrogen) atoms. The zero-order chi connectivity index (χ0) is 16.1. The van der Waals surface area contributed by atoms with Crippen LogP contribution in [0, 0.1) is 5.82 Å². The zero-order valence-electron chi connectivity index (χ0n) is 12.5. The molecule has 0 spiro atoms. The number of likely N-dealkylation sites (tertiary alicyclic amines) is 1. The molecule has 2 rings (SSSR count). The van der Waals surface area contributed by atoms with E-state index in [1.54, 1.807) is 7.11 Å². The van der Waals surface area contributed by atoms with Crippen molar-refractivity contribution in [2.75, 3.05) is 32.1 Å². The maximum absolute atomic E-state index is 13.1. The molecule has 3 N–H and O–H groups in total. The van der Waals surface area contributed by atoms with Crippen molar-refractivity contribution < 1.29 is 13.9 Å². The maximum atomic E-state index is 13.1. The molecular weight excluding hydrogens is 309 g/mol. The molecule has 0 aliphatic carbocycles. The monoisotopic (exact) mass is 329 g/mol. The molecule has 1 fully saturated rings. The van der Waals surface area contributed by atoms with Crippen molar-refractivity contribution in [3.05, 3.63) is 29.0 Å². The summed E-state index contributed by atoms with van der Waals surface area (Å²) in [7, 11) is 1.69.